The van der Waals surface area contributed by atoms with E-state index in [2.05, 4.69) is 5.32 Å². The third kappa shape index (κ3) is 8.76. The van der Waals surface area contributed by atoms with E-state index in [9.17, 15) is 18.0 Å². The number of carboxylic acids is 2. The summed E-state index contributed by atoms with van der Waals surface area (Å²) in [4.78, 5) is 19.1. The van der Waals surface area contributed by atoms with Gasteiger partial charge in [-0.25, -0.2) is 4.79 Å². The summed E-state index contributed by atoms with van der Waals surface area (Å²) in [6, 6.07) is 0.236. The van der Waals surface area contributed by atoms with Gasteiger partial charge in [0.1, 0.15) is 0 Å². The van der Waals surface area contributed by atoms with Crippen molar-refractivity contribution >= 4 is 11.9 Å². The number of halogens is 3. The number of hydrogen-bond donors (Lipinski definition) is 3. The Morgan fingerprint density at radius 2 is 1.89 bits per heavy atom. The van der Waals surface area contributed by atoms with E-state index in [1.807, 2.05) is 0 Å². The SMILES string of the molecule is O=C(O)C(F)(F)F.O=C(O)CC[C@H]1COCCN1. The van der Waals surface area contributed by atoms with Crippen molar-refractivity contribution in [3.05, 3.63) is 0 Å². The Hall–Kier alpha value is -1.35. The van der Waals surface area contributed by atoms with Crippen LogP contribution in [0.3, 0.4) is 0 Å². The Bertz CT molecular complexity index is 276. The summed E-state index contributed by atoms with van der Waals surface area (Å²) in [6.45, 7) is 2.22. The van der Waals surface area contributed by atoms with E-state index in [1.165, 1.54) is 0 Å². The van der Waals surface area contributed by atoms with Crippen LogP contribution in [-0.4, -0.2) is 54.1 Å². The summed E-state index contributed by atoms with van der Waals surface area (Å²) in [5, 5.41) is 18.7. The van der Waals surface area contributed by atoms with Crippen LogP contribution in [-0.2, 0) is 14.3 Å². The van der Waals surface area contributed by atoms with Crippen LogP contribution in [0.2, 0.25) is 0 Å². The number of carboxylic acid groups (broad SMARTS) is 2. The minimum Gasteiger partial charge on any atom is -0.481 e. The zero-order valence-electron chi connectivity index (χ0n) is 9.37. The highest BCUT2D eigenvalue weighted by Gasteiger charge is 2.38. The minimum atomic E-state index is -5.08. The fourth-order valence-corrected chi connectivity index (χ4v) is 1.10. The highest BCUT2D eigenvalue weighted by Crippen LogP contribution is 2.13. The number of hydrogen-bond acceptors (Lipinski definition) is 4. The van der Waals surface area contributed by atoms with Crippen LogP contribution in [0.15, 0.2) is 0 Å². The van der Waals surface area contributed by atoms with E-state index in [0.717, 1.165) is 13.2 Å². The largest absolute Gasteiger partial charge is 0.490 e. The van der Waals surface area contributed by atoms with Gasteiger partial charge in [-0.05, 0) is 6.42 Å². The molecule has 0 spiro atoms. The summed E-state index contributed by atoms with van der Waals surface area (Å²) >= 11 is 0. The fourth-order valence-electron chi connectivity index (χ4n) is 1.10. The second-order valence-electron chi connectivity index (χ2n) is 3.46. The Balaban J connectivity index is 0.000000360. The van der Waals surface area contributed by atoms with Crippen molar-refractivity contribution < 1.29 is 37.7 Å². The second kappa shape index (κ2) is 7.88. The number of nitrogens with one attached hydrogen (secondary N) is 1. The van der Waals surface area contributed by atoms with Crippen LogP contribution < -0.4 is 5.32 Å². The van der Waals surface area contributed by atoms with E-state index in [4.69, 9.17) is 19.7 Å². The van der Waals surface area contributed by atoms with Crippen LogP contribution in [0, 0.1) is 0 Å². The molecule has 0 radical (unpaired) electrons. The van der Waals surface area contributed by atoms with Gasteiger partial charge in [-0.1, -0.05) is 0 Å². The highest BCUT2D eigenvalue weighted by atomic mass is 19.4. The van der Waals surface area contributed by atoms with Crippen molar-refractivity contribution in [1.82, 2.24) is 5.32 Å². The van der Waals surface area contributed by atoms with Gasteiger partial charge in [-0.2, -0.15) is 13.2 Å². The lowest BCUT2D eigenvalue weighted by molar-refractivity contribution is -0.192. The number of aliphatic carboxylic acids is 2. The molecule has 0 saturated carbocycles. The maximum absolute atomic E-state index is 10.6. The molecule has 0 aromatic carbocycles. The van der Waals surface area contributed by atoms with E-state index >= 15 is 0 Å². The van der Waals surface area contributed by atoms with Crippen molar-refractivity contribution in [3.8, 4) is 0 Å². The van der Waals surface area contributed by atoms with Crippen molar-refractivity contribution in [2.45, 2.75) is 25.1 Å². The fraction of sp³-hybridized carbons (Fsp3) is 0.778. The zero-order chi connectivity index (χ0) is 14.2. The van der Waals surface area contributed by atoms with Crippen LogP contribution >= 0.6 is 0 Å². The average Bonchev–Trinajstić information content (AvgIpc) is 2.27. The van der Waals surface area contributed by atoms with Gasteiger partial charge >= 0.3 is 18.1 Å². The Morgan fingerprint density at radius 1 is 1.33 bits per heavy atom. The molecule has 0 bridgehead atoms. The first kappa shape index (κ1) is 16.6. The molecule has 0 aromatic rings. The molecule has 0 unspecified atom stereocenters. The van der Waals surface area contributed by atoms with Gasteiger partial charge in [0.2, 0.25) is 0 Å². The van der Waals surface area contributed by atoms with Crippen molar-refractivity contribution in [3.63, 3.8) is 0 Å². The van der Waals surface area contributed by atoms with Gasteiger partial charge in [0.25, 0.3) is 0 Å². The van der Waals surface area contributed by atoms with Gasteiger partial charge in [0.15, 0.2) is 0 Å². The summed E-state index contributed by atoms with van der Waals surface area (Å²) in [7, 11) is 0. The van der Waals surface area contributed by atoms with Gasteiger partial charge in [0.05, 0.1) is 13.2 Å². The topological polar surface area (TPSA) is 95.9 Å². The summed E-state index contributed by atoms with van der Waals surface area (Å²) < 4.78 is 36.9. The molecule has 18 heavy (non-hydrogen) atoms. The third-order valence-electron chi connectivity index (χ3n) is 1.95. The Morgan fingerprint density at radius 3 is 2.22 bits per heavy atom. The number of morpholine rings is 1. The first-order chi connectivity index (χ1) is 8.23. The molecule has 3 N–H and O–H groups in total. The summed E-state index contributed by atoms with van der Waals surface area (Å²) in [5.74, 6) is -3.50. The van der Waals surface area contributed by atoms with E-state index in [0.29, 0.717) is 13.0 Å². The maximum atomic E-state index is 10.6. The smallest absolute Gasteiger partial charge is 0.481 e. The van der Waals surface area contributed by atoms with E-state index in [-0.39, 0.29) is 12.5 Å². The molecule has 0 aromatic heterocycles. The molecule has 1 saturated heterocycles. The highest BCUT2D eigenvalue weighted by molar-refractivity contribution is 5.73. The lowest BCUT2D eigenvalue weighted by Gasteiger charge is -2.22. The maximum Gasteiger partial charge on any atom is 0.490 e. The van der Waals surface area contributed by atoms with Gasteiger partial charge in [0, 0.05) is 19.0 Å². The molecular formula is C9H14F3NO5. The normalized spacial score (nSPS) is 19.6. The molecule has 1 atom stereocenters. The number of alkyl halides is 3. The quantitative estimate of drug-likeness (QED) is 0.692. The number of rotatable bonds is 3. The van der Waals surface area contributed by atoms with Crippen LogP contribution in [0.25, 0.3) is 0 Å². The Kier molecular flexibility index (Phi) is 7.29. The lowest BCUT2D eigenvalue weighted by Crippen LogP contribution is -2.41. The molecule has 1 aliphatic rings. The minimum absolute atomic E-state index is 0.223. The van der Waals surface area contributed by atoms with Gasteiger partial charge in [-0.3, -0.25) is 4.79 Å². The second-order valence-corrected chi connectivity index (χ2v) is 3.46. The van der Waals surface area contributed by atoms with Gasteiger partial charge < -0.3 is 20.3 Å². The molecule has 0 amide bonds. The van der Waals surface area contributed by atoms with Crippen molar-refractivity contribution in [1.29, 1.82) is 0 Å². The molecular weight excluding hydrogens is 259 g/mol. The molecule has 1 heterocycles. The van der Waals surface area contributed by atoms with Crippen LogP contribution in [0.5, 0.6) is 0 Å². The van der Waals surface area contributed by atoms with E-state index in [1.54, 1.807) is 0 Å². The number of carbonyl (C=O) groups is 2. The number of ether oxygens (including phenoxy) is 1. The predicted molar refractivity (Wildman–Crippen MR) is 53.2 cm³/mol. The van der Waals surface area contributed by atoms with Crippen LogP contribution in [0.4, 0.5) is 13.2 Å². The third-order valence-corrected chi connectivity index (χ3v) is 1.95. The first-order valence-corrected chi connectivity index (χ1v) is 5.06. The Labute approximate surface area is 101 Å². The van der Waals surface area contributed by atoms with Gasteiger partial charge in [-0.15, -0.1) is 0 Å². The summed E-state index contributed by atoms with van der Waals surface area (Å²) in [5.41, 5.74) is 0. The monoisotopic (exact) mass is 273 g/mol. The summed E-state index contributed by atoms with van der Waals surface area (Å²) in [6.07, 6.45) is -4.20. The predicted octanol–water partition coefficient (Wildman–Crippen LogP) is 0.473. The molecule has 0 aliphatic carbocycles. The molecule has 1 rings (SSSR count). The molecule has 1 fully saturated rings. The molecule has 1 aliphatic heterocycles. The van der Waals surface area contributed by atoms with Crippen molar-refractivity contribution in [2.24, 2.45) is 0 Å². The first-order valence-electron chi connectivity index (χ1n) is 5.06. The zero-order valence-corrected chi connectivity index (χ0v) is 9.37. The molecule has 106 valence electrons. The van der Waals surface area contributed by atoms with Crippen molar-refractivity contribution in [2.75, 3.05) is 19.8 Å². The average molecular weight is 273 g/mol. The standard InChI is InChI=1S/C7H13NO3.C2HF3O2/c9-7(10)2-1-6-5-11-4-3-8-6;3-2(4,5)1(6)7/h6,8H,1-5H2,(H,9,10);(H,6,7)/t6-;/m0./s1. The van der Waals surface area contributed by atoms with Crippen LogP contribution in [0.1, 0.15) is 12.8 Å². The molecule has 9 heteroatoms. The van der Waals surface area contributed by atoms with E-state index < -0.39 is 18.1 Å². The molecule has 6 nitrogen and oxygen atoms in total. The lowest BCUT2D eigenvalue weighted by atomic mass is 10.1.